The highest BCUT2D eigenvalue weighted by Gasteiger charge is 2.07. The average Bonchev–Trinajstić information content (AvgIpc) is 2.68. The van der Waals surface area contributed by atoms with E-state index in [0.717, 1.165) is 17.9 Å². The van der Waals surface area contributed by atoms with Crippen molar-refractivity contribution in [1.82, 2.24) is 14.8 Å². The van der Waals surface area contributed by atoms with Gasteiger partial charge in [-0.15, -0.1) is 10.2 Å². The van der Waals surface area contributed by atoms with Gasteiger partial charge in [-0.05, 0) is 19.1 Å². The fourth-order valence-corrected chi connectivity index (χ4v) is 1.43. The number of para-hydroxylation sites is 1. The number of aldehydes is 1. The van der Waals surface area contributed by atoms with Gasteiger partial charge in [0.15, 0.2) is 12.1 Å². The van der Waals surface area contributed by atoms with Gasteiger partial charge in [0.25, 0.3) is 0 Å². The van der Waals surface area contributed by atoms with Crippen molar-refractivity contribution < 1.29 is 9.53 Å². The molecule has 88 valence electrons. The summed E-state index contributed by atoms with van der Waals surface area (Å²) in [6, 6.07) is 7.09. The van der Waals surface area contributed by atoms with Gasteiger partial charge in [-0.3, -0.25) is 4.79 Å². The second-order valence-corrected chi connectivity index (χ2v) is 3.67. The first-order chi connectivity index (χ1) is 8.22. The number of benzene rings is 1. The summed E-state index contributed by atoms with van der Waals surface area (Å²) in [6.07, 6.45) is 0.775. The SMILES string of the molecule is Cc1nnc(COc2ccccc2C=O)n1C. The Morgan fingerprint density at radius 3 is 2.76 bits per heavy atom. The topological polar surface area (TPSA) is 57.0 Å². The summed E-state index contributed by atoms with van der Waals surface area (Å²) < 4.78 is 7.40. The van der Waals surface area contributed by atoms with Crippen molar-refractivity contribution in [2.75, 3.05) is 0 Å². The molecule has 0 aliphatic carbocycles. The van der Waals surface area contributed by atoms with Crippen LogP contribution in [0.25, 0.3) is 0 Å². The molecule has 0 bridgehead atoms. The van der Waals surface area contributed by atoms with Crippen LogP contribution in [0.15, 0.2) is 24.3 Å². The number of carbonyl (C=O) groups excluding carboxylic acids is 1. The zero-order valence-electron chi connectivity index (χ0n) is 9.75. The van der Waals surface area contributed by atoms with Gasteiger partial charge in [-0.1, -0.05) is 12.1 Å². The molecule has 17 heavy (non-hydrogen) atoms. The summed E-state index contributed by atoms with van der Waals surface area (Å²) in [5.41, 5.74) is 0.534. The van der Waals surface area contributed by atoms with Crippen molar-refractivity contribution in [1.29, 1.82) is 0 Å². The van der Waals surface area contributed by atoms with Crippen molar-refractivity contribution >= 4 is 6.29 Å². The van der Waals surface area contributed by atoms with E-state index in [1.807, 2.05) is 24.6 Å². The van der Waals surface area contributed by atoms with Crippen LogP contribution in [0.2, 0.25) is 0 Å². The Labute approximate surface area is 99.1 Å². The summed E-state index contributed by atoms with van der Waals surface area (Å²) in [5, 5.41) is 7.92. The van der Waals surface area contributed by atoms with Crippen molar-refractivity contribution in [3.8, 4) is 5.75 Å². The van der Waals surface area contributed by atoms with Crippen LogP contribution in [0.1, 0.15) is 22.0 Å². The van der Waals surface area contributed by atoms with Crippen LogP contribution in [0.3, 0.4) is 0 Å². The van der Waals surface area contributed by atoms with Gasteiger partial charge < -0.3 is 9.30 Å². The molecule has 1 aromatic heterocycles. The van der Waals surface area contributed by atoms with Gasteiger partial charge in [-0.2, -0.15) is 0 Å². The molecule has 0 aliphatic heterocycles. The highest BCUT2D eigenvalue weighted by atomic mass is 16.5. The molecule has 0 radical (unpaired) electrons. The summed E-state index contributed by atoms with van der Waals surface area (Å²) in [4.78, 5) is 10.8. The molecule has 0 spiro atoms. The van der Waals surface area contributed by atoms with Gasteiger partial charge in [0.2, 0.25) is 0 Å². The van der Waals surface area contributed by atoms with Gasteiger partial charge in [0, 0.05) is 7.05 Å². The van der Waals surface area contributed by atoms with Gasteiger partial charge in [0.1, 0.15) is 18.2 Å². The van der Waals surface area contributed by atoms with E-state index in [4.69, 9.17) is 4.74 Å². The second kappa shape index (κ2) is 4.78. The Morgan fingerprint density at radius 1 is 1.35 bits per heavy atom. The number of ether oxygens (including phenoxy) is 1. The zero-order valence-corrected chi connectivity index (χ0v) is 9.75. The van der Waals surface area contributed by atoms with E-state index >= 15 is 0 Å². The number of nitrogens with zero attached hydrogens (tertiary/aromatic N) is 3. The number of carbonyl (C=O) groups is 1. The maximum Gasteiger partial charge on any atom is 0.170 e. The van der Waals surface area contributed by atoms with E-state index in [-0.39, 0.29) is 0 Å². The molecular weight excluding hydrogens is 218 g/mol. The Bertz CT molecular complexity index is 534. The van der Waals surface area contributed by atoms with Gasteiger partial charge >= 0.3 is 0 Å². The molecule has 0 unspecified atom stereocenters. The molecule has 0 atom stereocenters. The molecule has 2 rings (SSSR count). The molecule has 5 nitrogen and oxygen atoms in total. The fourth-order valence-electron chi connectivity index (χ4n) is 1.43. The lowest BCUT2D eigenvalue weighted by Crippen LogP contribution is -2.05. The number of aromatic nitrogens is 3. The Kier molecular flexibility index (Phi) is 3.18. The quantitative estimate of drug-likeness (QED) is 0.748. The molecule has 0 N–H and O–H groups in total. The standard InChI is InChI=1S/C12H13N3O2/c1-9-13-14-12(15(9)2)8-17-11-6-4-3-5-10(11)7-16/h3-7H,8H2,1-2H3. The minimum atomic E-state index is 0.294. The van der Waals surface area contributed by atoms with Crippen LogP contribution >= 0.6 is 0 Å². The van der Waals surface area contributed by atoms with Crippen LogP contribution in [-0.4, -0.2) is 21.1 Å². The predicted molar refractivity (Wildman–Crippen MR) is 61.9 cm³/mol. The Balaban J connectivity index is 2.12. The first kappa shape index (κ1) is 11.3. The third-order valence-corrected chi connectivity index (χ3v) is 2.59. The molecule has 0 saturated heterocycles. The van der Waals surface area contributed by atoms with E-state index in [2.05, 4.69) is 10.2 Å². The Morgan fingerprint density at radius 2 is 2.12 bits per heavy atom. The summed E-state index contributed by atoms with van der Waals surface area (Å²) in [5.74, 6) is 2.11. The molecule has 0 fully saturated rings. The Hall–Kier alpha value is -2.17. The second-order valence-electron chi connectivity index (χ2n) is 3.67. The molecule has 0 saturated carbocycles. The fraction of sp³-hybridized carbons (Fsp3) is 0.250. The number of aryl methyl sites for hydroxylation is 1. The minimum absolute atomic E-state index is 0.294. The largest absolute Gasteiger partial charge is 0.485 e. The van der Waals surface area contributed by atoms with Crippen molar-refractivity contribution in [2.24, 2.45) is 7.05 Å². The van der Waals surface area contributed by atoms with E-state index in [0.29, 0.717) is 17.9 Å². The molecule has 0 aliphatic rings. The zero-order chi connectivity index (χ0) is 12.3. The summed E-state index contributed by atoms with van der Waals surface area (Å²) >= 11 is 0. The maximum atomic E-state index is 10.8. The monoisotopic (exact) mass is 231 g/mol. The molecular formula is C12H13N3O2. The molecule has 2 aromatic rings. The van der Waals surface area contributed by atoms with Crippen molar-refractivity contribution in [2.45, 2.75) is 13.5 Å². The molecule has 5 heteroatoms. The predicted octanol–water partition coefficient (Wildman–Crippen LogP) is 1.52. The smallest absolute Gasteiger partial charge is 0.170 e. The molecule has 0 amide bonds. The third-order valence-electron chi connectivity index (χ3n) is 2.59. The minimum Gasteiger partial charge on any atom is -0.485 e. The lowest BCUT2D eigenvalue weighted by Gasteiger charge is -2.07. The first-order valence-corrected chi connectivity index (χ1v) is 5.24. The lowest BCUT2D eigenvalue weighted by atomic mass is 10.2. The van der Waals surface area contributed by atoms with Crippen LogP contribution in [0, 0.1) is 6.92 Å². The van der Waals surface area contributed by atoms with Gasteiger partial charge in [0.05, 0.1) is 5.56 Å². The van der Waals surface area contributed by atoms with E-state index in [1.165, 1.54) is 0 Å². The van der Waals surface area contributed by atoms with Crippen LogP contribution in [-0.2, 0) is 13.7 Å². The first-order valence-electron chi connectivity index (χ1n) is 5.24. The van der Waals surface area contributed by atoms with Crippen LogP contribution < -0.4 is 4.74 Å². The number of hydrogen-bond acceptors (Lipinski definition) is 4. The van der Waals surface area contributed by atoms with Crippen molar-refractivity contribution in [3.63, 3.8) is 0 Å². The van der Waals surface area contributed by atoms with Gasteiger partial charge in [-0.25, -0.2) is 0 Å². The van der Waals surface area contributed by atoms with Crippen LogP contribution in [0.5, 0.6) is 5.75 Å². The highest BCUT2D eigenvalue weighted by molar-refractivity contribution is 5.79. The highest BCUT2D eigenvalue weighted by Crippen LogP contribution is 2.16. The summed E-state index contributed by atoms with van der Waals surface area (Å²) in [6.45, 7) is 2.16. The van der Waals surface area contributed by atoms with E-state index in [1.54, 1.807) is 18.2 Å². The normalized spacial score (nSPS) is 10.2. The van der Waals surface area contributed by atoms with Crippen molar-refractivity contribution in [3.05, 3.63) is 41.5 Å². The van der Waals surface area contributed by atoms with E-state index < -0.39 is 0 Å². The van der Waals surface area contributed by atoms with E-state index in [9.17, 15) is 4.79 Å². The number of rotatable bonds is 4. The maximum absolute atomic E-state index is 10.8. The third kappa shape index (κ3) is 2.33. The number of hydrogen-bond donors (Lipinski definition) is 0. The molecule has 1 aromatic carbocycles. The average molecular weight is 231 g/mol. The molecule has 1 heterocycles. The summed E-state index contributed by atoms with van der Waals surface area (Å²) in [7, 11) is 1.87. The van der Waals surface area contributed by atoms with Crippen LogP contribution in [0.4, 0.5) is 0 Å². The lowest BCUT2D eigenvalue weighted by molar-refractivity contribution is 0.111.